The Labute approximate surface area is 141 Å². The molecule has 0 spiro atoms. The average molecular weight is 329 g/mol. The SMILES string of the molecule is CCNC(=O)[C@H](C)NC(=O)CN[C@H](c1ccccc1)c1ccco1. The highest BCUT2D eigenvalue weighted by Crippen LogP contribution is 2.21. The van der Waals surface area contributed by atoms with Crippen molar-refractivity contribution in [2.45, 2.75) is 25.9 Å². The number of nitrogens with one attached hydrogen (secondary N) is 3. The molecule has 2 aromatic rings. The quantitative estimate of drug-likeness (QED) is 0.687. The van der Waals surface area contributed by atoms with Crippen LogP contribution in [0.4, 0.5) is 0 Å². The number of carbonyl (C=O) groups excluding carboxylic acids is 2. The molecule has 1 heterocycles. The van der Waals surface area contributed by atoms with Crippen LogP contribution in [0.1, 0.15) is 31.2 Å². The molecule has 0 radical (unpaired) electrons. The Balaban J connectivity index is 1.96. The van der Waals surface area contributed by atoms with Gasteiger partial charge in [0.25, 0.3) is 0 Å². The van der Waals surface area contributed by atoms with Crippen LogP contribution in [0.25, 0.3) is 0 Å². The lowest BCUT2D eigenvalue weighted by Crippen LogP contribution is -2.47. The number of carbonyl (C=O) groups is 2. The maximum Gasteiger partial charge on any atom is 0.242 e. The molecule has 24 heavy (non-hydrogen) atoms. The van der Waals surface area contributed by atoms with Gasteiger partial charge in [0.15, 0.2) is 0 Å². The molecular weight excluding hydrogens is 306 g/mol. The number of amides is 2. The molecule has 0 aliphatic carbocycles. The molecule has 1 aromatic heterocycles. The van der Waals surface area contributed by atoms with E-state index in [0.29, 0.717) is 6.54 Å². The van der Waals surface area contributed by atoms with Crippen LogP contribution < -0.4 is 16.0 Å². The van der Waals surface area contributed by atoms with Crippen molar-refractivity contribution in [2.75, 3.05) is 13.1 Å². The Hall–Kier alpha value is -2.60. The summed E-state index contributed by atoms with van der Waals surface area (Å²) in [6.07, 6.45) is 1.60. The second-order valence-electron chi connectivity index (χ2n) is 5.42. The van der Waals surface area contributed by atoms with E-state index in [0.717, 1.165) is 11.3 Å². The monoisotopic (exact) mass is 329 g/mol. The fraction of sp³-hybridized carbons (Fsp3) is 0.333. The van der Waals surface area contributed by atoms with Crippen LogP contribution in [-0.4, -0.2) is 30.9 Å². The van der Waals surface area contributed by atoms with Crippen LogP contribution in [0.15, 0.2) is 53.1 Å². The molecule has 2 atom stereocenters. The molecule has 2 amide bonds. The minimum absolute atomic E-state index is 0.0734. The van der Waals surface area contributed by atoms with Crippen molar-refractivity contribution in [1.29, 1.82) is 0 Å². The molecule has 0 saturated heterocycles. The van der Waals surface area contributed by atoms with Crippen molar-refractivity contribution in [3.05, 3.63) is 60.1 Å². The van der Waals surface area contributed by atoms with Crippen molar-refractivity contribution in [3.63, 3.8) is 0 Å². The lowest BCUT2D eigenvalue weighted by Gasteiger charge is -2.18. The van der Waals surface area contributed by atoms with Crippen LogP contribution in [0.3, 0.4) is 0 Å². The van der Waals surface area contributed by atoms with Crippen LogP contribution >= 0.6 is 0 Å². The van der Waals surface area contributed by atoms with Crippen molar-refractivity contribution in [3.8, 4) is 0 Å². The minimum atomic E-state index is -0.571. The summed E-state index contributed by atoms with van der Waals surface area (Å²) in [7, 11) is 0. The van der Waals surface area contributed by atoms with Gasteiger partial charge in [-0.05, 0) is 31.5 Å². The van der Waals surface area contributed by atoms with E-state index in [1.165, 1.54) is 0 Å². The van der Waals surface area contributed by atoms with Crippen LogP contribution in [-0.2, 0) is 9.59 Å². The summed E-state index contributed by atoms with van der Waals surface area (Å²) in [6, 6.07) is 12.6. The van der Waals surface area contributed by atoms with Crippen molar-refractivity contribution in [2.24, 2.45) is 0 Å². The summed E-state index contributed by atoms with van der Waals surface area (Å²) in [4.78, 5) is 23.7. The fourth-order valence-electron chi connectivity index (χ4n) is 2.36. The van der Waals surface area contributed by atoms with Crippen molar-refractivity contribution < 1.29 is 14.0 Å². The molecule has 0 bridgehead atoms. The minimum Gasteiger partial charge on any atom is -0.467 e. The Morgan fingerprint density at radius 1 is 1.12 bits per heavy atom. The molecule has 0 saturated carbocycles. The highest BCUT2D eigenvalue weighted by Gasteiger charge is 2.19. The first-order chi connectivity index (χ1) is 11.6. The molecular formula is C18H23N3O3. The van der Waals surface area contributed by atoms with Crippen LogP contribution in [0, 0.1) is 0 Å². The van der Waals surface area contributed by atoms with E-state index in [9.17, 15) is 9.59 Å². The lowest BCUT2D eigenvalue weighted by atomic mass is 10.0. The zero-order valence-electron chi connectivity index (χ0n) is 13.9. The topological polar surface area (TPSA) is 83.4 Å². The zero-order chi connectivity index (χ0) is 17.4. The largest absolute Gasteiger partial charge is 0.467 e. The van der Waals surface area contributed by atoms with Gasteiger partial charge >= 0.3 is 0 Å². The second-order valence-corrected chi connectivity index (χ2v) is 5.42. The third-order valence-corrected chi connectivity index (χ3v) is 3.55. The fourth-order valence-corrected chi connectivity index (χ4v) is 2.36. The smallest absolute Gasteiger partial charge is 0.242 e. The van der Waals surface area contributed by atoms with E-state index in [2.05, 4.69) is 16.0 Å². The second kappa shape index (κ2) is 8.88. The summed E-state index contributed by atoms with van der Waals surface area (Å²) in [5.41, 5.74) is 0.997. The molecule has 0 aliphatic rings. The predicted octanol–water partition coefficient (Wildman–Crippen LogP) is 1.60. The molecule has 128 valence electrons. The first kappa shape index (κ1) is 17.7. The highest BCUT2D eigenvalue weighted by molar-refractivity contribution is 5.87. The van der Waals surface area contributed by atoms with Gasteiger partial charge in [0.05, 0.1) is 18.8 Å². The molecule has 0 aliphatic heterocycles. The van der Waals surface area contributed by atoms with Gasteiger partial charge in [-0.25, -0.2) is 0 Å². The van der Waals surface area contributed by atoms with Gasteiger partial charge in [-0.1, -0.05) is 30.3 Å². The van der Waals surface area contributed by atoms with Gasteiger partial charge in [0.1, 0.15) is 11.8 Å². The zero-order valence-corrected chi connectivity index (χ0v) is 13.9. The summed E-state index contributed by atoms with van der Waals surface area (Å²) in [5, 5.41) is 8.52. The number of furan rings is 1. The Morgan fingerprint density at radius 3 is 2.50 bits per heavy atom. The predicted molar refractivity (Wildman–Crippen MR) is 91.3 cm³/mol. The van der Waals surface area contributed by atoms with Crippen molar-refractivity contribution >= 4 is 11.8 Å². The van der Waals surface area contributed by atoms with Crippen LogP contribution in [0.2, 0.25) is 0 Å². The summed E-state index contributed by atoms with van der Waals surface area (Å²) < 4.78 is 5.48. The first-order valence-electron chi connectivity index (χ1n) is 8.00. The third kappa shape index (κ3) is 4.96. The highest BCUT2D eigenvalue weighted by atomic mass is 16.3. The first-order valence-corrected chi connectivity index (χ1v) is 8.00. The summed E-state index contributed by atoms with van der Waals surface area (Å²) >= 11 is 0. The number of likely N-dealkylation sites (N-methyl/N-ethyl adjacent to an activating group) is 1. The Morgan fingerprint density at radius 2 is 1.88 bits per heavy atom. The van der Waals surface area contributed by atoms with E-state index in [4.69, 9.17) is 4.42 Å². The number of hydrogen-bond acceptors (Lipinski definition) is 4. The summed E-state index contributed by atoms with van der Waals surface area (Å²) in [5.74, 6) is 0.281. The van der Waals surface area contributed by atoms with E-state index in [1.54, 1.807) is 13.2 Å². The van der Waals surface area contributed by atoms with E-state index < -0.39 is 6.04 Å². The molecule has 3 N–H and O–H groups in total. The maximum absolute atomic E-state index is 12.1. The van der Waals surface area contributed by atoms with Crippen molar-refractivity contribution in [1.82, 2.24) is 16.0 Å². The van der Waals surface area contributed by atoms with E-state index in [-0.39, 0.29) is 24.4 Å². The molecule has 2 rings (SSSR count). The average Bonchev–Trinajstić information content (AvgIpc) is 3.10. The molecule has 6 nitrogen and oxygen atoms in total. The Bertz CT molecular complexity index is 641. The third-order valence-electron chi connectivity index (χ3n) is 3.55. The van der Waals surface area contributed by atoms with Gasteiger partial charge in [0, 0.05) is 6.54 Å². The lowest BCUT2D eigenvalue weighted by molar-refractivity contribution is -0.128. The maximum atomic E-state index is 12.1. The Kier molecular flexibility index (Phi) is 6.57. The molecule has 0 unspecified atom stereocenters. The van der Waals surface area contributed by atoms with E-state index in [1.807, 2.05) is 49.4 Å². The van der Waals surface area contributed by atoms with Gasteiger partial charge in [-0.15, -0.1) is 0 Å². The van der Waals surface area contributed by atoms with Crippen LogP contribution in [0.5, 0.6) is 0 Å². The normalized spacial score (nSPS) is 13.1. The van der Waals surface area contributed by atoms with Gasteiger partial charge < -0.3 is 15.1 Å². The van der Waals surface area contributed by atoms with Gasteiger partial charge in [-0.2, -0.15) is 0 Å². The van der Waals surface area contributed by atoms with Gasteiger partial charge in [0.2, 0.25) is 11.8 Å². The molecule has 0 fully saturated rings. The molecule has 1 aromatic carbocycles. The number of benzene rings is 1. The van der Waals surface area contributed by atoms with Gasteiger partial charge in [-0.3, -0.25) is 14.9 Å². The van der Waals surface area contributed by atoms with E-state index >= 15 is 0 Å². The number of rotatable bonds is 8. The number of hydrogen-bond donors (Lipinski definition) is 3. The summed E-state index contributed by atoms with van der Waals surface area (Å²) in [6.45, 7) is 4.10. The standard InChI is InChI=1S/C18H23N3O3/c1-3-19-18(23)13(2)21-16(22)12-20-17(15-10-7-11-24-15)14-8-5-4-6-9-14/h4-11,13,17,20H,3,12H2,1-2H3,(H,19,23)(H,21,22)/t13-,17+/m0/s1. The molecule has 6 heteroatoms.